The fraction of sp³-hybridized carbons (Fsp3) is 0.933. The van der Waals surface area contributed by atoms with Gasteiger partial charge in [0.2, 0.25) is 0 Å². The van der Waals surface area contributed by atoms with Crippen molar-refractivity contribution in [3.05, 3.63) is 0 Å². The van der Waals surface area contributed by atoms with E-state index >= 15 is 0 Å². The molecular formula is C15H26O23S4. The monoisotopic (exact) mass is 702 g/mol. The molecule has 2 aliphatic rings. The van der Waals surface area contributed by atoms with Crippen LogP contribution in [0.4, 0.5) is 0 Å². The van der Waals surface area contributed by atoms with Gasteiger partial charge in [-0.3, -0.25) is 17.8 Å². The third kappa shape index (κ3) is 10.9. The molecule has 0 aliphatic carbocycles. The van der Waals surface area contributed by atoms with Crippen molar-refractivity contribution in [1.82, 2.24) is 0 Å². The minimum atomic E-state index is -5.54. The van der Waals surface area contributed by atoms with Crippen molar-refractivity contribution in [2.75, 3.05) is 20.8 Å². The minimum Gasteiger partial charge on any atom is -0.479 e. The lowest BCUT2D eigenvalue weighted by molar-refractivity contribution is -0.435. The van der Waals surface area contributed by atoms with Crippen molar-refractivity contribution in [1.29, 1.82) is 0 Å². The lowest BCUT2D eigenvalue weighted by Gasteiger charge is -2.47. The quantitative estimate of drug-likeness (QED) is 0.0373. The highest BCUT2D eigenvalue weighted by atomic mass is 32.3. The third-order valence-corrected chi connectivity index (χ3v) is 7.32. The number of carbonyl (C=O) groups is 1. The van der Waals surface area contributed by atoms with Gasteiger partial charge in [-0.15, -0.1) is 4.33 Å². The first-order chi connectivity index (χ1) is 19.3. The molecular weight excluding hydrogens is 676 g/mol. The first-order valence-corrected chi connectivity index (χ1v) is 15.6. The van der Waals surface area contributed by atoms with E-state index in [1.807, 2.05) is 0 Å². The molecule has 23 nitrogen and oxygen atoms in total. The zero-order valence-electron chi connectivity index (χ0n) is 21.2. The van der Waals surface area contributed by atoms with Gasteiger partial charge < -0.3 is 28.8 Å². The van der Waals surface area contributed by atoms with Gasteiger partial charge in [-0.1, -0.05) is 12.0 Å². The summed E-state index contributed by atoms with van der Waals surface area (Å²) < 4.78 is 146. The predicted octanol–water partition coefficient (Wildman–Crippen LogP) is -2.23. The van der Waals surface area contributed by atoms with E-state index in [0.717, 1.165) is 14.2 Å². The fourth-order valence-corrected chi connectivity index (χ4v) is 5.67. The Kier molecular flexibility index (Phi) is 13.6. The van der Waals surface area contributed by atoms with E-state index < -0.39 is 105 Å². The lowest BCUT2D eigenvalue weighted by Crippen LogP contribution is -2.65. The molecule has 0 radical (unpaired) electrons. The number of hydrogen-bond donors (Lipinski definition) is 5. The maximum atomic E-state index is 12.0. The summed E-state index contributed by atoms with van der Waals surface area (Å²) in [4.78, 5) is 12.0. The molecule has 0 bridgehead atoms. The molecule has 5 N–H and O–H groups in total. The van der Waals surface area contributed by atoms with E-state index in [-0.39, 0.29) is 12.3 Å². The standard InChI is InChI=1S/C15H26O23S4/c1-5-7(28-2)9(34-39-38-37-18)11(13(16)17)33-14(5)32-8-6(4-30-40(19,20)21)31-15(29-3)12(36-42(25,26)27)10(8)35-41(22,23)24/h5-12,14-15,18H,4H2,1-3H3,(H,16,17)(H,19,20,21)(H,22,23,24)(H,25,26,27)/t5?,6-,7+,8-,9-,10?,11?,12?,14-,15+/m1/s1. The second-order valence-electron chi connectivity index (χ2n) is 8.16. The van der Waals surface area contributed by atoms with Gasteiger partial charge in [-0.25, -0.2) is 22.6 Å². The zero-order chi connectivity index (χ0) is 32.0. The van der Waals surface area contributed by atoms with Gasteiger partial charge in [-0.05, 0) is 0 Å². The maximum absolute atomic E-state index is 12.0. The smallest absolute Gasteiger partial charge is 0.397 e. The van der Waals surface area contributed by atoms with Gasteiger partial charge in [0.25, 0.3) is 0 Å². The number of methoxy groups -OCH3 is 2. The van der Waals surface area contributed by atoms with Crippen LogP contribution < -0.4 is 0 Å². The Labute approximate surface area is 242 Å². The Morgan fingerprint density at radius 2 is 1.40 bits per heavy atom. The summed E-state index contributed by atoms with van der Waals surface area (Å²) >= 11 is -0.0157. The number of ether oxygens (including phenoxy) is 5. The van der Waals surface area contributed by atoms with Crippen LogP contribution in [0.5, 0.6) is 0 Å². The zero-order valence-corrected chi connectivity index (χ0v) is 24.5. The molecule has 2 saturated heterocycles. The molecule has 0 amide bonds. The van der Waals surface area contributed by atoms with Crippen molar-refractivity contribution >= 4 is 49.5 Å². The molecule has 0 spiro atoms. The molecule has 2 heterocycles. The van der Waals surface area contributed by atoms with Crippen LogP contribution in [0.2, 0.25) is 0 Å². The van der Waals surface area contributed by atoms with Crippen molar-refractivity contribution in [3.8, 4) is 0 Å². The lowest BCUT2D eigenvalue weighted by atomic mass is 9.91. The van der Waals surface area contributed by atoms with Crippen LogP contribution in [0.3, 0.4) is 0 Å². The topological polar surface area (TPSA) is 322 Å². The molecule has 42 heavy (non-hydrogen) atoms. The maximum Gasteiger partial charge on any atom is 0.397 e. The number of carboxylic acid groups (broad SMARTS) is 1. The van der Waals surface area contributed by atoms with E-state index in [0.29, 0.717) is 0 Å². The largest absolute Gasteiger partial charge is 0.479 e. The molecule has 2 fully saturated rings. The Bertz CT molecular complexity index is 1210. The van der Waals surface area contributed by atoms with Crippen LogP contribution in [0.1, 0.15) is 6.92 Å². The number of carboxylic acids is 1. The average Bonchev–Trinajstić information content (AvgIpc) is 2.84. The van der Waals surface area contributed by atoms with Gasteiger partial charge in [0.1, 0.15) is 24.4 Å². The predicted molar refractivity (Wildman–Crippen MR) is 124 cm³/mol. The number of hydrogen-bond acceptors (Lipinski definition) is 20. The minimum absolute atomic E-state index is 0.0157. The molecule has 248 valence electrons. The van der Waals surface area contributed by atoms with Crippen LogP contribution in [-0.4, -0.2) is 131 Å². The molecule has 0 aromatic rings. The molecule has 0 aromatic heterocycles. The highest BCUT2D eigenvalue weighted by Crippen LogP contribution is 2.37. The van der Waals surface area contributed by atoms with Crippen molar-refractivity contribution in [2.45, 2.75) is 62.2 Å². The van der Waals surface area contributed by atoms with Crippen LogP contribution >= 0.6 is 12.3 Å². The van der Waals surface area contributed by atoms with Gasteiger partial charge in [0, 0.05) is 20.1 Å². The molecule has 2 rings (SSSR count). The summed E-state index contributed by atoms with van der Waals surface area (Å²) in [5.41, 5.74) is 0. The summed E-state index contributed by atoms with van der Waals surface area (Å²) in [6.07, 6.45) is -17.4. The van der Waals surface area contributed by atoms with Crippen molar-refractivity contribution in [2.24, 2.45) is 5.92 Å². The van der Waals surface area contributed by atoms with E-state index in [1.165, 1.54) is 6.92 Å². The fourth-order valence-electron chi connectivity index (χ4n) is 4.02. The summed E-state index contributed by atoms with van der Waals surface area (Å²) in [5, 5.41) is 21.3. The SMILES string of the molecule is CO[C@H]1O[C@H](COS(=O)(=O)O)[C@@H](O[C@@H]2OC(C(=O)O)[C@H](OSOOO)[C@@H](OC)C2C)C(OS(=O)(=O)O)C1OS(=O)(=O)O. The Morgan fingerprint density at radius 3 is 1.88 bits per heavy atom. The summed E-state index contributed by atoms with van der Waals surface area (Å²) in [6, 6.07) is 0. The number of rotatable bonds is 16. The van der Waals surface area contributed by atoms with Crippen LogP contribution in [-0.2, 0) is 85.8 Å². The average molecular weight is 703 g/mol. The normalized spacial score (nSPS) is 34.7. The van der Waals surface area contributed by atoms with E-state index in [1.54, 1.807) is 0 Å². The highest BCUT2D eigenvalue weighted by molar-refractivity contribution is 7.89. The first kappa shape index (κ1) is 37.3. The summed E-state index contributed by atoms with van der Waals surface area (Å²) in [6.45, 7) is 0.114. The molecule has 0 aromatic carbocycles. The van der Waals surface area contributed by atoms with Crippen LogP contribution in [0.15, 0.2) is 0 Å². The Balaban J connectivity index is 2.57. The number of aliphatic carboxylic acids is 1. The first-order valence-electron chi connectivity index (χ1n) is 10.8. The molecule has 4 unspecified atom stereocenters. The van der Waals surface area contributed by atoms with Crippen LogP contribution in [0, 0.1) is 5.92 Å². The molecule has 0 saturated carbocycles. The summed E-state index contributed by atoms with van der Waals surface area (Å²) in [5.74, 6) is -2.79. The van der Waals surface area contributed by atoms with E-state index in [4.69, 9.17) is 37.7 Å². The second kappa shape index (κ2) is 15.4. The third-order valence-electron chi connectivity index (χ3n) is 5.54. The molecule has 10 atom stereocenters. The van der Waals surface area contributed by atoms with Gasteiger partial charge >= 0.3 is 37.2 Å². The molecule has 27 heteroatoms. The van der Waals surface area contributed by atoms with Crippen molar-refractivity contribution < 1.29 is 104 Å². The molecule has 2 aliphatic heterocycles. The summed E-state index contributed by atoms with van der Waals surface area (Å²) in [7, 11) is -14.2. The van der Waals surface area contributed by atoms with Crippen molar-refractivity contribution in [3.63, 3.8) is 0 Å². The van der Waals surface area contributed by atoms with Gasteiger partial charge in [-0.2, -0.15) is 25.3 Å². The van der Waals surface area contributed by atoms with E-state index in [2.05, 4.69) is 21.9 Å². The highest BCUT2D eigenvalue weighted by Gasteiger charge is 2.56. The van der Waals surface area contributed by atoms with Crippen LogP contribution in [0.25, 0.3) is 0 Å². The van der Waals surface area contributed by atoms with Gasteiger partial charge in [0.15, 0.2) is 37.1 Å². The Morgan fingerprint density at radius 1 is 0.810 bits per heavy atom. The van der Waals surface area contributed by atoms with E-state index in [9.17, 15) is 44.3 Å². The Hall–Kier alpha value is -0.930. The van der Waals surface area contributed by atoms with Gasteiger partial charge in [0.05, 0.1) is 12.7 Å². The second-order valence-corrected chi connectivity index (χ2v) is 11.8.